The highest BCUT2D eigenvalue weighted by atomic mass is 15.2. The third-order valence-corrected chi connectivity index (χ3v) is 4.04. The van der Waals surface area contributed by atoms with Crippen LogP contribution in [-0.2, 0) is 0 Å². The Labute approximate surface area is 117 Å². The Morgan fingerprint density at radius 2 is 1.79 bits per heavy atom. The molecule has 1 aromatic rings. The molecule has 0 bridgehead atoms. The Balaban J connectivity index is 2.07. The first-order chi connectivity index (χ1) is 9.08. The summed E-state index contributed by atoms with van der Waals surface area (Å²) in [6.07, 6.45) is 5.24. The molecule has 1 aromatic heterocycles. The van der Waals surface area contributed by atoms with Crippen LogP contribution in [0.25, 0.3) is 0 Å². The van der Waals surface area contributed by atoms with Crippen LogP contribution < -0.4 is 4.90 Å². The molecule has 19 heavy (non-hydrogen) atoms. The number of hydrogen-bond acceptors (Lipinski definition) is 3. The van der Waals surface area contributed by atoms with Crippen LogP contribution in [0.3, 0.4) is 0 Å². The second-order valence-corrected chi connectivity index (χ2v) is 6.10. The molecule has 3 nitrogen and oxygen atoms in total. The van der Waals surface area contributed by atoms with Gasteiger partial charge in [0.1, 0.15) is 0 Å². The maximum atomic E-state index is 4.41. The smallest absolute Gasteiger partial charge is 0.0556 e. The van der Waals surface area contributed by atoms with Crippen molar-refractivity contribution in [3.8, 4) is 0 Å². The maximum Gasteiger partial charge on any atom is 0.0556 e. The highest BCUT2D eigenvalue weighted by molar-refractivity contribution is 5.46. The van der Waals surface area contributed by atoms with Gasteiger partial charge in [-0.15, -0.1) is 0 Å². The number of rotatable bonds is 3. The predicted octanol–water partition coefficient (Wildman–Crippen LogP) is 3.13. The Morgan fingerprint density at radius 1 is 1.00 bits per heavy atom. The molecular formula is C16H27N3. The second kappa shape index (κ2) is 6.38. The Kier molecular flexibility index (Phi) is 4.81. The fourth-order valence-corrected chi connectivity index (χ4v) is 2.65. The summed E-state index contributed by atoms with van der Waals surface area (Å²) in [6.45, 7) is 13.7. The zero-order valence-corrected chi connectivity index (χ0v) is 12.8. The van der Waals surface area contributed by atoms with Gasteiger partial charge in [0.25, 0.3) is 0 Å². The van der Waals surface area contributed by atoms with Crippen LogP contribution in [0.2, 0.25) is 0 Å². The van der Waals surface area contributed by atoms with Crippen LogP contribution in [0.5, 0.6) is 0 Å². The molecule has 0 spiro atoms. The normalized spacial score (nSPS) is 18.1. The third kappa shape index (κ3) is 3.69. The predicted molar refractivity (Wildman–Crippen MR) is 81.9 cm³/mol. The van der Waals surface area contributed by atoms with Crippen LogP contribution in [0.1, 0.15) is 45.6 Å². The van der Waals surface area contributed by atoms with Crippen molar-refractivity contribution < 1.29 is 0 Å². The fraction of sp³-hybridized carbons (Fsp3) is 0.688. The van der Waals surface area contributed by atoms with Gasteiger partial charge < -0.3 is 4.90 Å². The average Bonchev–Trinajstić information content (AvgIpc) is 2.64. The van der Waals surface area contributed by atoms with E-state index in [0.29, 0.717) is 12.0 Å². The minimum Gasteiger partial charge on any atom is -0.369 e. The summed E-state index contributed by atoms with van der Waals surface area (Å²) in [5.74, 6) is 0.548. The molecule has 1 aliphatic heterocycles. The summed E-state index contributed by atoms with van der Waals surface area (Å²) in [5.41, 5.74) is 2.62. The topological polar surface area (TPSA) is 19.4 Å². The number of nitrogens with zero attached hydrogens (tertiary/aromatic N) is 3. The Morgan fingerprint density at radius 3 is 2.47 bits per heavy atom. The lowest BCUT2D eigenvalue weighted by molar-refractivity contribution is 0.238. The van der Waals surface area contributed by atoms with E-state index in [1.807, 2.05) is 12.4 Å². The van der Waals surface area contributed by atoms with Gasteiger partial charge in [-0.1, -0.05) is 13.8 Å². The summed E-state index contributed by atoms with van der Waals surface area (Å²) in [7, 11) is 0. The van der Waals surface area contributed by atoms with Crippen LogP contribution in [0.15, 0.2) is 18.5 Å². The first-order valence-corrected chi connectivity index (χ1v) is 7.52. The standard InChI is InChI=1S/C16H27N3/c1-13(2)15-10-16(12-17-11-15)19-7-5-6-18(8-9-19)14(3)4/h10-14H,5-9H2,1-4H3. The molecule has 0 radical (unpaired) electrons. The zero-order chi connectivity index (χ0) is 13.8. The van der Waals surface area contributed by atoms with E-state index in [4.69, 9.17) is 0 Å². The van der Waals surface area contributed by atoms with E-state index < -0.39 is 0 Å². The Bertz CT molecular complexity index is 401. The molecular weight excluding hydrogens is 234 g/mol. The van der Waals surface area contributed by atoms with Crippen molar-refractivity contribution in [2.45, 2.75) is 46.1 Å². The minimum atomic E-state index is 0.548. The van der Waals surface area contributed by atoms with E-state index >= 15 is 0 Å². The van der Waals surface area contributed by atoms with Gasteiger partial charge in [0, 0.05) is 38.4 Å². The highest BCUT2D eigenvalue weighted by Gasteiger charge is 2.17. The monoisotopic (exact) mass is 261 g/mol. The molecule has 0 aromatic carbocycles. The third-order valence-electron chi connectivity index (χ3n) is 4.04. The summed E-state index contributed by atoms with van der Waals surface area (Å²) < 4.78 is 0. The summed E-state index contributed by atoms with van der Waals surface area (Å²) in [4.78, 5) is 9.47. The molecule has 0 amide bonds. The van der Waals surface area contributed by atoms with Crippen LogP contribution in [0, 0.1) is 0 Å². The second-order valence-electron chi connectivity index (χ2n) is 6.10. The van der Waals surface area contributed by atoms with Crippen molar-refractivity contribution >= 4 is 5.69 Å². The molecule has 3 heteroatoms. The largest absolute Gasteiger partial charge is 0.369 e. The number of hydrogen-bond donors (Lipinski definition) is 0. The van der Waals surface area contributed by atoms with E-state index in [9.17, 15) is 0 Å². The molecule has 1 aliphatic rings. The lowest BCUT2D eigenvalue weighted by atomic mass is 10.1. The van der Waals surface area contributed by atoms with Crippen LogP contribution in [-0.4, -0.2) is 42.1 Å². The molecule has 0 N–H and O–H groups in total. The van der Waals surface area contributed by atoms with Gasteiger partial charge in [0.2, 0.25) is 0 Å². The van der Waals surface area contributed by atoms with Crippen LogP contribution >= 0.6 is 0 Å². The number of pyridine rings is 1. The van der Waals surface area contributed by atoms with Gasteiger partial charge in [0.05, 0.1) is 11.9 Å². The highest BCUT2D eigenvalue weighted by Crippen LogP contribution is 2.21. The van der Waals surface area contributed by atoms with E-state index in [1.54, 1.807) is 0 Å². The first-order valence-electron chi connectivity index (χ1n) is 7.52. The Hall–Kier alpha value is -1.09. The van der Waals surface area contributed by atoms with Crippen molar-refractivity contribution in [2.24, 2.45) is 0 Å². The van der Waals surface area contributed by atoms with Crippen molar-refractivity contribution in [1.82, 2.24) is 9.88 Å². The molecule has 2 rings (SSSR count). The fourth-order valence-electron chi connectivity index (χ4n) is 2.65. The number of aromatic nitrogens is 1. The van der Waals surface area contributed by atoms with Gasteiger partial charge in [-0.25, -0.2) is 0 Å². The van der Waals surface area contributed by atoms with Crippen molar-refractivity contribution in [3.05, 3.63) is 24.0 Å². The zero-order valence-electron chi connectivity index (χ0n) is 12.8. The molecule has 0 aliphatic carbocycles. The maximum absolute atomic E-state index is 4.41. The van der Waals surface area contributed by atoms with Crippen molar-refractivity contribution in [2.75, 3.05) is 31.1 Å². The van der Waals surface area contributed by atoms with E-state index in [2.05, 4.69) is 48.5 Å². The quantitative estimate of drug-likeness (QED) is 0.833. The van der Waals surface area contributed by atoms with Gasteiger partial charge in [-0.05, 0) is 37.8 Å². The van der Waals surface area contributed by atoms with E-state index in [-0.39, 0.29) is 0 Å². The SMILES string of the molecule is CC(C)c1cncc(N2CCCN(C(C)C)CC2)c1. The minimum absolute atomic E-state index is 0.548. The van der Waals surface area contributed by atoms with Gasteiger partial charge in [-0.2, -0.15) is 0 Å². The summed E-state index contributed by atoms with van der Waals surface area (Å²) >= 11 is 0. The van der Waals surface area contributed by atoms with E-state index in [0.717, 1.165) is 19.6 Å². The van der Waals surface area contributed by atoms with Gasteiger partial charge in [0.15, 0.2) is 0 Å². The average molecular weight is 261 g/mol. The molecule has 0 saturated carbocycles. The first kappa shape index (κ1) is 14.3. The van der Waals surface area contributed by atoms with Crippen molar-refractivity contribution in [3.63, 3.8) is 0 Å². The van der Waals surface area contributed by atoms with Gasteiger partial charge >= 0.3 is 0 Å². The molecule has 1 fully saturated rings. The summed E-state index contributed by atoms with van der Waals surface area (Å²) in [6, 6.07) is 2.96. The summed E-state index contributed by atoms with van der Waals surface area (Å²) in [5, 5.41) is 0. The number of anilines is 1. The van der Waals surface area contributed by atoms with E-state index in [1.165, 1.54) is 24.2 Å². The molecule has 2 heterocycles. The lowest BCUT2D eigenvalue weighted by Crippen LogP contribution is -2.35. The molecule has 1 saturated heterocycles. The molecule has 0 atom stereocenters. The van der Waals surface area contributed by atoms with Gasteiger partial charge in [-0.3, -0.25) is 9.88 Å². The van der Waals surface area contributed by atoms with Crippen LogP contribution in [0.4, 0.5) is 5.69 Å². The van der Waals surface area contributed by atoms with Crippen molar-refractivity contribution in [1.29, 1.82) is 0 Å². The molecule has 0 unspecified atom stereocenters. The molecule has 106 valence electrons. The lowest BCUT2D eigenvalue weighted by Gasteiger charge is -2.26.